The van der Waals surface area contributed by atoms with E-state index in [-0.39, 0.29) is 5.69 Å². The fourth-order valence-electron chi connectivity index (χ4n) is 2.36. The fraction of sp³-hybridized carbons (Fsp3) is 0.0667. The van der Waals surface area contributed by atoms with Crippen LogP contribution in [-0.2, 0) is 0 Å². The quantitative estimate of drug-likeness (QED) is 0.416. The predicted octanol–water partition coefficient (Wildman–Crippen LogP) is 3.59. The second-order valence-corrected chi connectivity index (χ2v) is 5.78. The van der Waals surface area contributed by atoms with Crippen molar-refractivity contribution in [3.8, 4) is 0 Å². The number of hydrogen-bond donors (Lipinski definition) is 0. The van der Waals surface area contributed by atoms with Gasteiger partial charge in [0.1, 0.15) is 0 Å². The van der Waals surface area contributed by atoms with Gasteiger partial charge in [-0.05, 0) is 30.7 Å². The molecule has 2 aromatic heterocycles. The van der Waals surface area contributed by atoms with Crippen molar-refractivity contribution in [2.24, 2.45) is 4.99 Å². The van der Waals surface area contributed by atoms with Gasteiger partial charge in [0, 0.05) is 23.7 Å². The fourth-order valence-corrected chi connectivity index (χ4v) is 3.04. The Balaban J connectivity index is 1.98. The molecule has 7 nitrogen and oxygen atoms in total. The molecule has 8 heteroatoms. The lowest BCUT2D eigenvalue weighted by Gasteiger charge is -1.94. The van der Waals surface area contributed by atoms with Crippen LogP contribution in [0.5, 0.6) is 0 Å². The molecule has 0 aliphatic heterocycles. The van der Waals surface area contributed by atoms with Gasteiger partial charge in [-0.3, -0.25) is 10.1 Å². The van der Waals surface area contributed by atoms with Crippen LogP contribution in [0.2, 0.25) is 0 Å². The maximum Gasteiger partial charge on any atom is 0.320 e. The van der Waals surface area contributed by atoms with Gasteiger partial charge in [0.05, 0.1) is 16.1 Å². The third-order valence-corrected chi connectivity index (χ3v) is 4.09. The zero-order chi connectivity index (χ0) is 16.0. The van der Waals surface area contributed by atoms with Gasteiger partial charge in [0.25, 0.3) is 5.69 Å². The molecule has 4 aromatic rings. The van der Waals surface area contributed by atoms with Crippen molar-refractivity contribution >= 4 is 39.9 Å². The summed E-state index contributed by atoms with van der Waals surface area (Å²) in [6.07, 6.45) is 0. The first-order valence-electron chi connectivity index (χ1n) is 6.78. The monoisotopic (exact) mass is 326 g/mol. The highest BCUT2D eigenvalue weighted by atomic mass is 32.1. The van der Waals surface area contributed by atoms with Gasteiger partial charge in [0.15, 0.2) is 5.58 Å². The molecule has 0 saturated heterocycles. The van der Waals surface area contributed by atoms with Gasteiger partial charge in [-0.2, -0.15) is 0 Å². The molecule has 0 radical (unpaired) electrons. The Bertz CT molecular complexity index is 1120. The SMILES string of the molecule is Cc1ccc2oc3nsc(=Nc4cccc([N+](=O)[O-])c4)n3c2c1. The lowest BCUT2D eigenvalue weighted by molar-refractivity contribution is -0.384. The minimum Gasteiger partial charge on any atom is -0.422 e. The van der Waals surface area contributed by atoms with Crippen LogP contribution in [0.1, 0.15) is 5.56 Å². The van der Waals surface area contributed by atoms with Crippen LogP contribution in [-0.4, -0.2) is 13.7 Å². The van der Waals surface area contributed by atoms with Crippen molar-refractivity contribution in [1.29, 1.82) is 0 Å². The molecular weight excluding hydrogens is 316 g/mol. The van der Waals surface area contributed by atoms with Crippen LogP contribution in [0.4, 0.5) is 11.4 Å². The average Bonchev–Trinajstić information content (AvgIpc) is 3.07. The summed E-state index contributed by atoms with van der Waals surface area (Å²) >= 11 is 1.18. The van der Waals surface area contributed by atoms with Crippen LogP contribution in [0.15, 0.2) is 51.9 Å². The molecule has 0 aliphatic carbocycles. The topological polar surface area (TPSA) is 85.9 Å². The van der Waals surface area contributed by atoms with Gasteiger partial charge in [0.2, 0.25) is 4.80 Å². The van der Waals surface area contributed by atoms with Crippen molar-refractivity contribution in [3.63, 3.8) is 0 Å². The standard InChI is InChI=1S/C15H10N4O3S/c1-9-5-6-13-12(7-9)18-14(22-13)17-23-15(18)16-10-3-2-4-11(8-10)19(20)21/h2-8H,1H3. The molecule has 0 spiro atoms. The highest BCUT2D eigenvalue weighted by Crippen LogP contribution is 2.22. The number of non-ortho nitro benzene ring substituents is 1. The van der Waals surface area contributed by atoms with Gasteiger partial charge in [-0.1, -0.05) is 12.1 Å². The van der Waals surface area contributed by atoms with Crippen molar-refractivity contribution in [3.05, 3.63) is 62.9 Å². The third-order valence-electron chi connectivity index (χ3n) is 3.41. The second-order valence-electron chi connectivity index (χ2n) is 5.05. The summed E-state index contributed by atoms with van der Waals surface area (Å²) < 4.78 is 11.7. The van der Waals surface area contributed by atoms with Crippen molar-refractivity contribution in [2.45, 2.75) is 6.92 Å². The summed E-state index contributed by atoms with van der Waals surface area (Å²) in [5.41, 5.74) is 3.20. The predicted molar refractivity (Wildman–Crippen MR) is 85.9 cm³/mol. The smallest absolute Gasteiger partial charge is 0.320 e. The Labute approximate surface area is 133 Å². The van der Waals surface area contributed by atoms with E-state index in [4.69, 9.17) is 4.42 Å². The summed E-state index contributed by atoms with van der Waals surface area (Å²) in [5, 5.41) is 10.9. The largest absolute Gasteiger partial charge is 0.422 e. The number of oxazole rings is 1. The van der Waals surface area contributed by atoms with Crippen LogP contribution in [0, 0.1) is 17.0 Å². The third kappa shape index (κ3) is 2.29. The number of fused-ring (bicyclic) bond motifs is 3. The number of nitro benzene ring substituents is 1. The Morgan fingerprint density at radius 3 is 3.00 bits per heavy atom. The molecule has 2 heterocycles. The normalized spacial score (nSPS) is 12.3. The van der Waals surface area contributed by atoms with Crippen LogP contribution in [0.3, 0.4) is 0 Å². The molecule has 0 saturated carbocycles. The first kappa shape index (κ1) is 13.6. The molecule has 114 valence electrons. The number of aromatic nitrogens is 2. The molecule has 4 rings (SSSR count). The number of nitro groups is 1. The minimum absolute atomic E-state index is 0.00454. The van der Waals surface area contributed by atoms with E-state index >= 15 is 0 Å². The molecular formula is C15H10N4O3S. The van der Waals surface area contributed by atoms with Crippen molar-refractivity contribution in [2.75, 3.05) is 0 Å². The molecule has 2 aromatic carbocycles. The second kappa shape index (κ2) is 5.03. The maximum atomic E-state index is 10.9. The maximum absolute atomic E-state index is 10.9. The van der Waals surface area contributed by atoms with E-state index in [2.05, 4.69) is 9.37 Å². The van der Waals surface area contributed by atoms with E-state index in [1.54, 1.807) is 12.1 Å². The molecule has 0 unspecified atom stereocenters. The zero-order valence-corrected chi connectivity index (χ0v) is 12.8. The molecule has 0 aliphatic rings. The molecule has 0 fully saturated rings. The number of benzene rings is 2. The van der Waals surface area contributed by atoms with Gasteiger partial charge in [-0.15, -0.1) is 4.37 Å². The molecule has 0 atom stereocenters. The molecule has 0 amide bonds. The van der Waals surface area contributed by atoms with E-state index < -0.39 is 4.92 Å². The Morgan fingerprint density at radius 1 is 1.30 bits per heavy atom. The van der Waals surface area contributed by atoms with E-state index in [0.29, 0.717) is 16.3 Å². The van der Waals surface area contributed by atoms with Crippen molar-refractivity contribution < 1.29 is 9.34 Å². The Hall–Kier alpha value is -3.00. The van der Waals surface area contributed by atoms with Gasteiger partial charge >= 0.3 is 5.84 Å². The van der Waals surface area contributed by atoms with Crippen LogP contribution >= 0.6 is 11.5 Å². The van der Waals surface area contributed by atoms with Crippen LogP contribution in [0.25, 0.3) is 16.9 Å². The average molecular weight is 326 g/mol. The number of nitrogens with zero attached hydrogens (tertiary/aromatic N) is 4. The lowest BCUT2D eigenvalue weighted by Crippen LogP contribution is -2.04. The highest BCUT2D eigenvalue weighted by molar-refractivity contribution is 7.03. The zero-order valence-electron chi connectivity index (χ0n) is 12.0. The molecule has 0 N–H and O–H groups in total. The first-order valence-corrected chi connectivity index (χ1v) is 7.56. The summed E-state index contributed by atoms with van der Waals surface area (Å²) in [6, 6.07) is 12.0. The summed E-state index contributed by atoms with van der Waals surface area (Å²) in [5.74, 6) is 0.458. The Kier molecular flexibility index (Phi) is 2.98. The van der Waals surface area contributed by atoms with E-state index in [1.807, 2.05) is 29.5 Å². The van der Waals surface area contributed by atoms with Gasteiger partial charge in [-0.25, -0.2) is 9.39 Å². The number of rotatable bonds is 2. The molecule has 0 bridgehead atoms. The van der Waals surface area contributed by atoms with E-state index in [9.17, 15) is 10.1 Å². The number of aryl methyl sites for hydroxylation is 1. The minimum atomic E-state index is -0.439. The van der Waals surface area contributed by atoms with Crippen LogP contribution < -0.4 is 4.80 Å². The summed E-state index contributed by atoms with van der Waals surface area (Å²) in [6.45, 7) is 2.00. The summed E-state index contributed by atoms with van der Waals surface area (Å²) in [4.78, 5) is 15.5. The Morgan fingerprint density at radius 2 is 2.17 bits per heavy atom. The first-order chi connectivity index (χ1) is 11.1. The highest BCUT2D eigenvalue weighted by Gasteiger charge is 2.11. The van der Waals surface area contributed by atoms with E-state index in [0.717, 1.165) is 16.7 Å². The van der Waals surface area contributed by atoms with E-state index in [1.165, 1.54) is 23.7 Å². The number of hydrogen-bond acceptors (Lipinski definition) is 6. The van der Waals surface area contributed by atoms with Crippen molar-refractivity contribution in [1.82, 2.24) is 8.77 Å². The molecule has 23 heavy (non-hydrogen) atoms. The van der Waals surface area contributed by atoms with Gasteiger partial charge < -0.3 is 4.42 Å². The summed E-state index contributed by atoms with van der Waals surface area (Å²) in [7, 11) is 0. The lowest BCUT2D eigenvalue weighted by atomic mass is 10.2.